The number of amidine groups is 1. The van der Waals surface area contributed by atoms with E-state index in [1.165, 1.54) is 64.0 Å². The number of nitrogens with one attached hydrogen (secondary N) is 1. The molecule has 3 aliphatic heterocycles. The van der Waals surface area contributed by atoms with E-state index in [0.717, 1.165) is 193 Å². The summed E-state index contributed by atoms with van der Waals surface area (Å²) in [6, 6.07) is 43.5. The lowest BCUT2D eigenvalue weighted by Gasteiger charge is -2.24. The molecule has 15 aromatic rings. The van der Waals surface area contributed by atoms with Crippen LogP contribution in [0.4, 0.5) is 17.6 Å². The fraction of sp³-hybridized carbons (Fsp3) is 0.305. The zero-order valence-corrected chi connectivity index (χ0v) is 72.5. The summed E-state index contributed by atoms with van der Waals surface area (Å²) in [5.74, 6) is 3.48. The summed E-state index contributed by atoms with van der Waals surface area (Å²) in [5.41, 5.74) is 15.2. The van der Waals surface area contributed by atoms with Crippen molar-refractivity contribution in [2.45, 2.75) is 130 Å². The molecule has 1 N–H and O–H groups in total. The van der Waals surface area contributed by atoms with Crippen LogP contribution in [0.1, 0.15) is 120 Å². The number of aryl methyl sites for hydroxylation is 7. The van der Waals surface area contributed by atoms with E-state index in [2.05, 4.69) is 146 Å². The molecule has 2 fully saturated rings. The second kappa shape index (κ2) is 38.5. The molecular formula is C95H94Br4F4N10O4. The van der Waals surface area contributed by atoms with E-state index < -0.39 is 0 Å². The van der Waals surface area contributed by atoms with Gasteiger partial charge in [-0.2, -0.15) is 0 Å². The van der Waals surface area contributed by atoms with Crippen molar-refractivity contribution in [3.05, 3.63) is 298 Å². The van der Waals surface area contributed by atoms with Crippen molar-refractivity contribution in [3.63, 3.8) is 0 Å². The first kappa shape index (κ1) is 82.7. The van der Waals surface area contributed by atoms with Gasteiger partial charge in [-0.05, 0) is 298 Å². The van der Waals surface area contributed by atoms with E-state index in [4.69, 9.17) is 22.7 Å². The predicted octanol–water partition coefficient (Wildman–Crippen LogP) is 24.8. The summed E-state index contributed by atoms with van der Waals surface area (Å²) in [6.07, 6.45) is 28.6. The molecule has 7 aromatic heterocycles. The van der Waals surface area contributed by atoms with Crippen LogP contribution in [0, 0.1) is 37.1 Å². The third-order valence-electron chi connectivity index (χ3n) is 22.7. The van der Waals surface area contributed by atoms with Crippen LogP contribution in [-0.4, -0.2) is 109 Å². The number of aliphatic imine (C=N–C) groups is 1. The molecule has 3 aliphatic rings. The van der Waals surface area contributed by atoms with Crippen LogP contribution in [0.5, 0.6) is 0 Å². The van der Waals surface area contributed by atoms with Gasteiger partial charge in [0, 0.05) is 125 Å². The summed E-state index contributed by atoms with van der Waals surface area (Å²) in [6.45, 7) is 19.0. The number of furan rings is 4. The third-order valence-corrected chi connectivity index (χ3v) is 24.5. The van der Waals surface area contributed by atoms with Gasteiger partial charge in [-0.1, -0.05) is 112 Å². The number of fused-ring (bicyclic) bond motifs is 4. The Labute approximate surface area is 713 Å². The fourth-order valence-electron chi connectivity index (χ4n) is 16.7. The van der Waals surface area contributed by atoms with E-state index in [0.29, 0.717) is 73.9 Å². The van der Waals surface area contributed by atoms with Crippen LogP contribution in [-0.2, 0) is 57.9 Å². The number of hydrogen-bond acceptors (Lipinski definition) is 11. The Bertz CT molecular complexity index is 5950. The highest BCUT2D eigenvalue weighted by Crippen LogP contribution is 2.37. The number of imidazole rings is 3. The Morgan fingerprint density at radius 2 is 0.880 bits per heavy atom. The topological polar surface area (TPSA) is 139 Å². The quantitative estimate of drug-likeness (QED) is 0.0550. The minimum atomic E-state index is -0.213. The summed E-state index contributed by atoms with van der Waals surface area (Å²) < 4.78 is 90.5. The Morgan fingerprint density at radius 1 is 0.444 bits per heavy atom. The lowest BCUT2D eigenvalue weighted by atomic mass is 9.97. The summed E-state index contributed by atoms with van der Waals surface area (Å²) in [7, 11) is 0. The van der Waals surface area contributed by atoms with Crippen molar-refractivity contribution in [1.82, 2.24) is 43.8 Å². The van der Waals surface area contributed by atoms with Crippen LogP contribution < -0.4 is 0 Å². The molecule has 18 rings (SSSR count). The van der Waals surface area contributed by atoms with Crippen molar-refractivity contribution < 1.29 is 35.2 Å². The molecule has 2 saturated heterocycles. The number of rotatable bonds is 25. The maximum atomic E-state index is 15.1. The number of aromatic nitrogens is 6. The first-order valence-electron chi connectivity index (χ1n) is 40.5. The van der Waals surface area contributed by atoms with Gasteiger partial charge in [0.25, 0.3) is 0 Å². The minimum Gasteiger partial charge on any atom is -0.464 e. The molecule has 0 radical (unpaired) electrons. The molecule has 0 spiro atoms. The molecule has 14 nitrogen and oxygen atoms in total. The van der Waals surface area contributed by atoms with E-state index in [-0.39, 0.29) is 29.3 Å². The predicted molar refractivity (Wildman–Crippen MR) is 474 cm³/mol. The Kier molecular flexibility index (Phi) is 27.2. The number of likely N-dealkylation sites (tertiary alicyclic amines) is 2. The van der Waals surface area contributed by atoms with Gasteiger partial charge in [-0.3, -0.25) is 4.99 Å². The average molecular weight is 1840 g/mol. The zero-order valence-electron chi connectivity index (χ0n) is 66.2. The molecule has 604 valence electrons. The van der Waals surface area contributed by atoms with E-state index in [1.54, 1.807) is 67.7 Å². The summed E-state index contributed by atoms with van der Waals surface area (Å²) in [4.78, 5) is 28.6. The molecule has 0 amide bonds. The van der Waals surface area contributed by atoms with Crippen molar-refractivity contribution in [2.75, 3.05) is 58.9 Å². The molecule has 0 unspecified atom stereocenters. The summed E-state index contributed by atoms with van der Waals surface area (Å²) >= 11 is 14.3. The molecule has 0 bridgehead atoms. The number of hydrogen-bond donors (Lipinski definition) is 1. The average Bonchev–Trinajstić information content (AvgIpc) is 1.59. The molecule has 10 heterocycles. The Morgan fingerprint density at radius 3 is 1.38 bits per heavy atom. The monoisotopic (exact) mass is 1830 g/mol. The van der Waals surface area contributed by atoms with Crippen molar-refractivity contribution in [1.29, 1.82) is 0 Å². The van der Waals surface area contributed by atoms with Crippen LogP contribution in [0.3, 0.4) is 0 Å². The lowest BCUT2D eigenvalue weighted by molar-refractivity contribution is 0.313. The Hall–Kier alpha value is -9.42. The van der Waals surface area contributed by atoms with Gasteiger partial charge in [0.2, 0.25) is 0 Å². The zero-order chi connectivity index (χ0) is 81.1. The van der Waals surface area contributed by atoms with E-state index >= 15 is 4.39 Å². The Balaban J connectivity index is 0.000000123. The number of benzene rings is 8. The normalized spacial score (nSPS) is 13.8. The van der Waals surface area contributed by atoms with Crippen molar-refractivity contribution >= 4 is 113 Å². The fourth-order valence-corrected chi connectivity index (χ4v) is 18.8. The van der Waals surface area contributed by atoms with Gasteiger partial charge in [-0.25, -0.2) is 32.5 Å². The van der Waals surface area contributed by atoms with Crippen LogP contribution in [0.25, 0.3) is 78.0 Å². The maximum absolute atomic E-state index is 15.1. The molecule has 22 heteroatoms. The molecule has 0 aliphatic carbocycles. The highest BCUT2D eigenvalue weighted by Gasteiger charge is 2.26. The maximum Gasteiger partial charge on any atom is 0.140 e. The van der Waals surface area contributed by atoms with Gasteiger partial charge in [-0.15, -0.1) is 0 Å². The first-order valence-corrected chi connectivity index (χ1v) is 43.7. The number of nitrogens with zero attached hydrogens (tertiary/aromatic N) is 9. The van der Waals surface area contributed by atoms with Gasteiger partial charge >= 0.3 is 0 Å². The largest absolute Gasteiger partial charge is 0.464 e. The molecule has 0 atom stereocenters. The standard InChI is InChI=1S/C28H33BrFN3O.C26H27BrFN3O.C22H20BrFN2O.C19H14BrFN2O/c1-19-20(2)34-27-21(17-22(29)18-25(19)27)9-10-23-24(7-5-8-26(23)30)28-31-11-16-33(28)15-6-14-32-12-3-4-13-32;27-21-17-19(25-20(18-21)9-16-32-25)7-8-22-23(5-3-6-24(22)28)26-29-10-15-31(26)14-4-13-30-11-1-2-12-30;1-14(2)26-10-9-25-22(26)19-4-3-5-20(24)18(19)7-6-15-12-17(23)13-16-8-11-27-21(15)16;20-14-10-12(18-13(11-14)6-9-24-18)4-5-15-16(2-1-3-17(15)21)19-22-7-8-23-19/h5,7-8,17-18H,3-4,6,9-16H2,1-2H3;3,5-6,9-10,15-18H,1-2,4,7-8,11-14H2;3-5,8-14H,6-7H2,1-2H3;1-3,6-11H,4-5H2,(H,22,23). The van der Waals surface area contributed by atoms with Crippen LogP contribution >= 0.6 is 63.7 Å². The third kappa shape index (κ3) is 19.6. The number of H-pyrrole nitrogens is 1. The second-order valence-electron chi connectivity index (χ2n) is 30.6. The van der Waals surface area contributed by atoms with Gasteiger partial charge in [0.15, 0.2) is 0 Å². The number of aromatic amines is 1. The SMILES string of the molecule is CC(C)n1ccnc1-c1cccc(F)c1CCc1cc(Br)cc2ccoc12.Cc1oc2c(CCc3c(F)cccc3C3=NCCN3CCCN3CCCC3)cc(Br)cc2c1C.Fc1cccc(-c2ncc[nH]2)c1CCc1cc(Br)cc2ccoc12.Fc1cccc(-c2nccn2CCCN2CCCC2)c1CCc1cc(Br)cc2ccoc12. The smallest absolute Gasteiger partial charge is 0.140 e. The van der Waals surface area contributed by atoms with Crippen molar-refractivity contribution in [2.24, 2.45) is 4.99 Å². The molecular weight excluding hydrogens is 1740 g/mol. The van der Waals surface area contributed by atoms with E-state index in [1.807, 2.05) is 104 Å². The number of halogens is 8. The van der Waals surface area contributed by atoms with Crippen molar-refractivity contribution in [3.8, 4) is 34.2 Å². The molecule has 0 saturated carbocycles. The first-order chi connectivity index (χ1) is 57.0. The molecule has 117 heavy (non-hydrogen) atoms. The van der Waals surface area contributed by atoms with Crippen LogP contribution in [0.2, 0.25) is 0 Å². The van der Waals surface area contributed by atoms with E-state index in [9.17, 15) is 13.2 Å². The molecule has 8 aromatic carbocycles. The summed E-state index contributed by atoms with van der Waals surface area (Å²) in [5, 5.41) is 4.26. The lowest BCUT2D eigenvalue weighted by Crippen LogP contribution is -2.32. The highest BCUT2D eigenvalue weighted by molar-refractivity contribution is 9.11. The van der Waals surface area contributed by atoms with Crippen LogP contribution in [0.15, 0.2) is 236 Å². The minimum absolute atomic E-state index is 0.151. The van der Waals surface area contributed by atoms with Gasteiger partial charge in [0.1, 0.15) is 74.7 Å². The highest BCUT2D eigenvalue weighted by atomic mass is 79.9. The second-order valence-corrected chi connectivity index (χ2v) is 34.3. The van der Waals surface area contributed by atoms with Gasteiger partial charge in [0.05, 0.1) is 25.3 Å². The van der Waals surface area contributed by atoms with Gasteiger partial charge < -0.3 is 46.5 Å².